The van der Waals surface area contributed by atoms with Gasteiger partial charge < -0.3 is 19.4 Å². The Morgan fingerprint density at radius 2 is 1.67 bits per heavy atom. The van der Waals surface area contributed by atoms with Crippen LogP contribution >= 0.6 is 0 Å². The normalized spacial score (nSPS) is 21.0. The first-order valence-corrected chi connectivity index (χ1v) is 12.1. The minimum Gasteiger partial charge on any atom is -0.496 e. The highest BCUT2D eigenvalue weighted by Gasteiger charge is 2.61. The number of aromatic amines is 1. The molecule has 0 aliphatic carbocycles. The van der Waals surface area contributed by atoms with E-state index in [4.69, 9.17) is 9.47 Å². The van der Waals surface area contributed by atoms with Crippen LogP contribution in [0.1, 0.15) is 36.6 Å². The summed E-state index contributed by atoms with van der Waals surface area (Å²) >= 11 is 0. The third kappa shape index (κ3) is 2.92. The van der Waals surface area contributed by atoms with Crippen molar-refractivity contribution in [2.75, 3.05) is 25.2 Å². The fourth-order valence-corrected chi connectivity index (χ4v) is 5.76. The van der Waals surface area contributed by atoms with E-state index in [0.717, 1.165) is 33.5 Å². The molecule has 3 aromatic carbocycles. The van der Waals surface area contributed by atoms with E-state index in [1.165, 1.54) is 4.90 Å². The van der Waals surface area contributed by atoms with Gasteiger partial charge in [0.05, 0.1) is 25.1 Å². The van der Waals surface area contributed by atoms with E-state index in [2.05, 4.69) is 11.1 Å². The van der Waals surface area contributed by atoms with Crippen LogP contribution < -0.4 is 14.4 Å². The van der Waals surface area contributed by atoms with Crippen molar-refractivity contribution in [3.05, 3.63) is 89.6 Å². The molecule has 7 heteroatoms. The zero-order valence-corrected chi connectivity index (χ0v) is 20.4. The van der Waals surface area contributed by atoms with Crippen LogP contribution in [-0.2, 0) is 10.3 Å². The zero-order chi connectivity index (χ0) is 25.0. The van der Waals surface area contributed by atoms with Gasteiger partial charge in [0.2, 0.25) is 0 Å². The Morgan fingerprint density at radius 3 is 2.44 bits per heavy atom. The van der Waals surface area contributed by atoms with Gasteiger partial charge in [-0.25, -0.2) is 9.69 Å². The number of H-pyrrole nitrogens is 1. The van der Waals surface area contributed by atoms with Crippen LogP contribution in [0.4, 0.5) is 10.5 Å². The van der Waals surface area contributed by atoms with Crippen molar-refractivity contribution in [1.29, 1.82) is 0 Å². The minimum absolute atomic E-state index is 0.181. The first-order valence-electron chi connectivity index (χ1n) is 12.1. The van der Waals surface area contributed by atoms with Crippen LogP contribution in [0.2, 0.25) is 0 Å². The van der Waals surface area contributed by atoms with Gasteiger partial charge in [-0.15, -0.1) is 0 Å². The van der Waals surface area contributed by atoms with Crippen molar-refractivity contribution in [2.24, 2.45) is 0 Å². The van der Waals surface area contributed by atoms with Crippen LogP contribution in [0.15, 0.2) is 72.8 Å². The van der Waals surface area contributed by atoms with Crippen LogP contribution in [0.25, 0.3) is 10.9 Å². The highest BCUT2D eigenvalue weighted by molar-refractivity contribution is 6.24. The monoisotopic (exact) mass is 481 g/mol. The SMILES string of the molecule is CCOc1ccccc1N1C(=O)N2CC(c3ccccc3OC)c3c([nH]c4ccccc34)[C@@]2(C)C1=O. The topological polar surface area (TPSA) is 74.9 Å². The van der Waals surface area contributed by atoms with Gasteiger partial charge in [-0.3, -0.25) is 4.79 Å². The smallest absolute Gasteiger partial charge is 0.332 e. The predicted molar refractivity (Wildman–Crippen MR) is 138 cm³/mol. The Morgan fingerprint density at radius 1 is 0.972 bits per heavy atom. The summed E-state index contributed by atoms with van der Waals surface area (Å²) in [7, 11) is 1.65. The number of nitrogens with one attached hydrogen (secondary N) is 1. The molecular weight excluding hydrogens is 454 g/mol. The van der Waals surface area contributed by atoms with Crippen LogP contribution in [0.3, 0.4) is 0 Å². The lowest BCUT2D eigenvalue weighted by Crippen LogP contribution is -2.50. The number of carbonyl (C=O) groups is 2. The van der Waals surface area contributed by atoms with E-state index in [0.29, 0.717) is 24.6 Å². The quantitative estimate of drug-likeness (QED) is 0.387. The van der Waals surface area contributed by atoms with Gasteiger partial charge >= 0.3 is 6.03 Å². The largest absolute Gasteiger partial charge is 0.496 e. The van der Waals surface area contributed by atoms with Gasteiger partial charge in [0.1, 0.15) is 11.5 Å². The van der Waals surface area contributed by atoms with Crippen molar-refractivity contribution >= 4 is 28.5 Å². The Bertz CT molecular complexity index is 1510. The molecule has 182 valence electrons. The first kappa shape index (κ1) is 22.2. The molecular formula is C29H27N3O4. The summed E-state index contributed by atoms with van der Waals surface area (Å²) in [6.45, 7) is 4.48. The van der Waals surface area contributed by atoms with Gasteiger partial charge in [0.15, 0.2) is 5.54 Å². The van der Waals surface area contributed by atoms with Crippen molar-refractivity contribution in [1.82, 2.24) is 9.88 Å². The van der Waals surface area contributed by atoms with E-state index in [1.807, 2.05) is 68.4 Å². The number of hydrogen-bond donors (Lipinski definition) is 1. The number of nitrogens with zero attached hydrogens (tertiary/aromatic N) is 2. The third-order valence-corrected chi connectivity index (χ3v) is 7.45. The number of ether oxygens (including phenoxy) is 2. The van der Waals surface area contributed by atoms with Gasteiger partial charge in [0.25, 0.3) is 5.91 Å². The number of fused-ring (bicyclic) bond motifs is 5. The number of anilines is 1. The third-order valence-electron chi connectivity index (χ3n) is 7.45. The lowest BCUT2D eigenvalue weighted by molar-refractivity contribution is -0.125. The second-order valence-corrected chi connectivity index (χ2v) is 9.26. The molecule has 1 N–H and O–H groups in total. The number of rotatable bonds is 5. The fraction of sp³-hybridized carbons (Fsp3) is 0.241. The van der Waals surface area contributed by atoms with Crippen LogP contribution in [0.5, 0.6) is 11.5 Å². The summed E-state index contributed by atoms with van der Waals surface area (Å²) in [6.07, 6.45) is 0. The molecule has 0 bridgehead atoms. The molecule has 0 radical (unpaired) electrons. The molecule has 1 saturated heterocycles. The van der Waals surface area contributed by atoms with Crippen molar-refractivity contribution in [2.45, 2.75) is 25.3 Å². The summed E-state index contributed by atoms with van der Waals surface area (Å²) in [4.78, 5) is 34.7. The summed E-state index contributed by atoms with van der Waals surface area (Å²) in [5.41, 5.74) is 2.93. The molecule has 1 fully saturated rings. The number of hydrogen-bond acceptors (Lipinski definition) is 4. The van der Waals surface area contributed by atoms with Gasteiger partial charge in [-0.2, -0.15) is 0 Å². The number of aromatic nitrogens is 1. The van der Waals surface area contributed by atoms with Crippen LogP contribution in [0, 0.1) is 0 Å². The fourth-order valence-electron chi connectivity index (χ4n) is 5.76. The van der Waals surface area contributed by atoms with Gasteiger partial charge in [-0.05, 0) is 43.7 Å². The Labute approximate surface area is 209 Å². The maximum absolute atomic E-state index is 14.2. The molecule has 0 spiro atoms. The maximum Gasteiger partial charge on any atom is 0.332 e. The molecule has 0 saturated carbocycles. The standard InChI is InChI=1S/C29H27N3O4/c1-4-36-24-16-10-8-14-22(24)32-27(33)29(2)26-25(19-12-5-7-13-21(19)30-26)20(17-31(29)28(32)34)18-11-6-9-15-23(18)35-3/h5-16,20,30H,4,17H2,1-3H3/t20?,29-/m0/s1. The average molecular weight is 482 g/mol. The van der Waals surface area contributed by atoms with E-state index < -0.39 is 5.54 Å². The lowest BCUT2D eigenvalue weighted by atomic mass is 9.78. The lowest BCUT2D eigenvalue weighted by Gasteiger charge is -2.40. The molecule has 1 aromatic heterocycles. The Kier molecular flexibility index (Phi) is 5.03. The zero-order valence-electron chi connectivity index (χ0n) is 20.4. The highest BCUT2D eigenvalue weighted by Crippen LogP contribution is 2.52. The first-order chi connectivity index (χ1) is 17.5. The molecule has 6 rings (SSSR count). The minimum atomic E-state index is -1.19. The predicted octanol–water partition coefficient (Wildman–Crippen LogP) is 5.40. The van der Waals surface area contributed by atoms with Gasteiger partial charge in [-0.1, -0.05) is 48.5 Å². The Hall–Kier alpha value is -4.26. The second kappa shape index (κ2) is 8.16. The van der Waals surface area contributed by atoms with E-state index in [1.54, 1.807) is 24.1 Å². The molecule has 3 amide bonds. The highest BCUT2D eigenvalue weighted by atomic mass is 16.5. The maximum atomic E-state index is 14.2. The molecule has 2 atom stereocenters. The number of benzene rings is 3. The van der Waals surface area contributed by atoms with E-state index >= 15 is 0 Å². The number of carbonyl (C=O) groups excluding carboxylic acids is 2. The second-order valence-electron chi connectivity index (χ2n) is 9.26. The summed E-state index contributed by atoms with van der Waals surface area (Å²) in [5, 5.41) is 1.04. The van der Waals surface area contributed by atoms with Gasteiger partial charge in [0, 0.05) is 28.9 Å². The van der Waals surface area contributed by atoms with Crippen LogP contribution in [-0.4, -0.2) is 42.1 Å². The number of para-hydroxylation sites is 4. The van der Waals surface area contributed by atoms with Crippen molar-refractivity contribution < 1.29 is 19.1 Å². The number of amides is 3. The molecule has 2 aliphatic heterocycles. The molecule has 7 nitrogen and oxygen atoms in total. The molecule has 2 aliphatic rings. The molecule has 3 heterocycles. The average Bonchev–Trinajstić information content (AvgIpc) is 3.38. The molecule has 4 aromatic rings. The number of urea groups is 1. The van der Waals surface area contributed by atoms with E-state index in [-0.39, 0.29) is 17.9 Å². The summed E-state index contributed by atoms with van der Waals surface area (Å²) in [6, 6.07) is 22.7. The van der Waals surface area contributed by atoms with Crippen molar-refractivity contribution in [3.8, 4) is 11.5 Å². The van der Waals surface area contributed by atoms with E-state index in [9.17, 15) is 9.59 Å². The number of methoxy groups -OCH3 is 1. The number of imide groups is 1. The molecule has 36 heavy (non-hydrogen) atoms. The molecule has 1 unspecified atom stereocenters. The van der Waals surface area contributed by atoms with Crippen molar-refractivity contribution in [3.63, 3.8) is 0 Å². The summed E-state index contributed by atoms with van der Waals surface area (Å²) < 4.78 is 11.5. The summed E-state index contributed by atoms with van der Waals surface area (Å²) in [5.74, 6) is 0.771. The Balaban J connectivity index is 1.58.